The van der Waals surface area contributed by atoms with Gasteiger partial charge < -0.3 is 14.6 Å². The molecule has 0 spiro atoms. The molecule has 1 heterocycles. The Morgan fingerprint density at radius 1 is 1.24 bits per heavy atom. The van der Waals surface area contributed by atoms with Gasteiger partial charge in [-0.15, -0.1) is 0 Å². The summed E-state index contributed by atoms with van der Waals surface area (Å²) < 4.78 is 11.9. The van der Waals surface area contributed by atoms with Crippen LogP contribution < -0.4 is 10.2 Å². The van der Waals surface area contributed by atoms with Crippen molar-refractivity contribution in [2.45, 2.75) is 20.1 Å². The highest BCUT2D eigenvalue weighted by atomic mass is 127. The number of ether oxygens (including phenoxy) is 2. The number of carboxylic acid groups (broad SMARTS) is 1. The zero-order chi connectivity index (χ0) is 23.8. The third kappa shape index (κ3) is 6.50. The number of methoxy groups -OCH3 is 1. The van der Waals surface area contributed by atoms with Crippen molar-refractivity contribution >= 4 is 40.6 Å². The number of pyridine rings is 1. The molecule has 2 N–H and O–H groups in total. The normalized spacial score (nSPS) is 10.7. The molecule has 0 amide bonds. The number of aromatic nitrogens is 1. The van der Waals surface area contributed by atoms with Gasteiger partial charge in [-0.3, -0.25) is 5.43 Å². The minimum absolute atomic E-state index is 0.239. The number of rotatable bonds is 9. The first kappa shape index (κ1) is 24.2. The number of aromatic carboxylic acids is 1. The van der Waals surface area contributed by atoms with Crippen LogP contribution in [0.25, 0.3) is 0 Å². The maximum Gasteiger partial charge on any atom is 0.335 e. The van der Waals surface area contributed by atoms with Crippen LogP contribution >= 0.6 is 22.6 Å². The van der Waals surface area contributed by atoms with Gasteiger partial charge in [0.25, 0.3) is 0 Å². The van der Waals surface area contributed by atoms with Crippen molar-refractivity contribution in [1.29, 1.82) is 5.26 Å². The Bertz CT molecular complexity index is 1220. The highest BCUT2D eigenvalue weighted by molar-refractivity contribution is 14.1. The number of nitrogens with one attached hydrogen (secondary N) is 1. The average Bonchev–Trinajstić information content (AvgIpc) is 2.79. The van der Waals surface area contributed by atoms with E-state index in [4.69, 9.17) is 14.6 Å². The molecule has 3 aromatic rings. The molecule has 0 aliphatic heterocycles. The Morgan fingerprint density at radius 3 is 2.64 bits per heavy atom. The zero-order valence-electron chi connectivity index (χ0n) is 18.0. The van der Waals surface area contributed by atoms with E-state index in [1.165, 1.54) is 0 Å². The summed E-state index contributed by atoms with van der Waals surface area (Å²) in [6.45, 7) is 2.48. The van der Waals surface area contributed by atoms with E-state index in [2.05, 4.69) is 44.2 Å². The van der Waals surface area contributed by atoms with Gasteiger partial charge in [0.1, 0.15) is 24.0 Å². The van der Waals surface area contributed by atoms with Crippen LogP contribution in [0.3, 0.4) is 0 Å². The topological polar surface area (TPSA) is 117 Å². The molecular formula is C24H21IN4O4. The van der Waals surface area contributed by atoms with Crippen LogP contribution in [0.2, 0.25) is 0 Å². The average molecular weight is 556 g/mol. The quantitative estimate of drug-likeness (QED) is 0.222. The number of carbonyl (C=O) groups is 1. The number of nitriles is 1. The molecule has 2 aromatic carbocycles. The predicted octanol–water partition coefficient (Wildman–Crippen LogP) is 4.74. The summed E-state index contributed by atoms with van der Waals surface area (Å²) in [5.74, 6) is 0.130. The fourth-order valence-electron chi connectivity index (χ4n) is 3.00. The Kier molecular flexibility index (Phi) is 8.34. The zero-order valence-corrected chi connectivity index (χ0v) is 20.2. The SMILES string of the molecule is COCc1cc(C)nc(N/N=C/c2ccc(OCc3ccc(C(=O)O)cc3)c(I)c2)c1C#N. The highest BCUT2D eigenvalue weighted by Gasteiger charge is 2.11. The lowest BCUT2D eigenvalue weighted by Crippen LogP contribution is -2.03. The van der Waals surface area contributed by atoms with Crippen molar-refractivity contribution in [2.24, 2.45) is 5.10 Å². The second kappa shape index (κ2) is 11.4. The molecule has 0 fully saturated rings. The fraction of sp³-hybridized carbons (Fsp3) is 0.167. The number of hydrazone groups is 1. The predicted molar refractivity (Wildman–Crippen MR) is 133 cm³/mol. The summed E-state index contributed by atoms with van der Waals surface area (Å²) in [5, 5.41) is 22.7. The molecule has 3 rings (SSSR count). The maximum atomic E-state index is 10.9. The Labute approximate surface area is 205 Å². The molecule has 33 heavy (non-hydrogen) atoms. The number of hydrogen-bond donors (Lipinski definition) is 2. The van der Waals surface area contributed by atoms with Gasteiger partial charge in [-0.05, 0) is 77.0 Å². The molecule has 0 saturated carbocycles. The first-order chi connectivity index (χ1) is 15.9. The van der Waals surface area contributed by atoms with E-state index in [-0.39, 0.29) is 5.56 Å². The smallest absolute Gasteiger partial charge is 0.335 e. The largest absolute Gasteiger partial charge is 0.488 e. The molecule has 0 atom stereocenters. The van der Waals surface area contributed by atoms with Gasteiger partial charge in [0.15, 0.2) is 5.82 Å². The van der Waals surface area contributed by atoms with Crippen molar-refractivity contribution in [3.05, 3.63) is 85.6 Å². The van der Waals surface area contributed by atoms with Gasteiger partial charge in [-0.1, -0.05) is 12.1 Å². The van der Waals surface area contributed by atoms with Gasteiger partial charge >= 0.3 is 5.97 Å². The van der Waals surface area contributed by atoms with E-state index in [9.17, 15) is 10.1 Å². The summed E-state index contributed by atoms with van der Waals surface area (Å²) in [6.07, 6.45) is 1.64. The van der Waals surface area contributed by atoms with Crippen molar-refractivity contribution in [2.75, 3.05) is 12.5 Å². The van der Waals surface area contributed by atoms with Gasteiger partial charge in [0, 0.05) is 18.4 Å². The number of benzene rings is 2. The van der Waals surface area contributed by atoms with Crippen molar-refractivity contribution < 1.29 is 19.4 Å². The Balaban J connectivity index is 1.66. The maximum absolute atomic E-state index is 10.9. The first-order valence-corrected chi connectivity index (χ1v) is 10.9. The number of hydrogen-bond acceptors (Lipinski definition) is 7. The van der Waals surface area contributed by atoms with Crippen LogP contribution in [-0.2, 0) is 18.0 Å². The van der Waals surface area contributed by atoms with E-state index in [0.29, 0.717) is 30.3 Å². The van der Waals surface area contributed by atoms with E-state index in [0.717, 1.165) is 26.0 Å². The van der Waals surface area contributed by atoms with Crippen LogP contribution in [0.4, 0.5) is 5.82 Å². The molecular weight excluding hydrogens is 535 g/mol. The van der Waals surface area contributed by atoms with E-state index >= 15 is 0 Å². The number of anilines is 1. The summed E-state index contributed by atoms with van der Waals surface area (Å²) in [6, 6.07) is 16.2. The molecule has 1 aromatic heterocycles. The van der Waals surface area contributed by atoms with Crippen LogP contribution in [-0.4, -0.2) is 29.4 Å². The molecule has 168 valence electrons. The van der Waals surface area contributed by atoms with Crippen LogP contribution in [0.15, 0.2) is 53.6 Å². The standard InChI is InChI=1S/C24H21IN4O4/c1-15-9-19(14-32-2)20(11-26)23(28-15)29-27-12-17-5-8-22(21(25)10-17)33-13-16-3-6-18(7-4-16)24(30)31/h3-10,12H,13-14H2,1-2H3,(H,28,29)(H,30,31)/b27-12+. The molecule has 9 heteroatoms. The summed E-state index contributed by atoms with van der Waals surface area (Å²) in [4.78, 5) is 15.3. The van der Waals surface area contributed by atoms with Crippen LogP contribution in [0, 0.1) is 21.8 Å². The summed E-state index contributed by atoms with van der Waals surface area (Å²) >= 11 is 2.18. The lowest BCUT2D eigenvalue weighted by Gasteiger charge is -2.10. The van der Waals surface area contributed by atoms with Gasteiger partial charge in [0.05, 0.1) is 22.0 Å². The van der Waals surface area contributed by atoms with E-state index in [1.807, 2.05) is 31.2 Å². The van der Waals surface area contributed by atoms with Crippen molar-refractivity contribution in [3.8, 4) is 11.8 Å². The first-order valence-electron chi connectivity index (χ1n) is 9.84. The summed E-state index contributed by atoms with van der Waals surface area (Å²) in [5.41, 5.74) is 6.71. The molecule has 0 unspecified atom stereocenters. The van der Waals surface area contributed by atoms with Crippen LogP contribution in [0.5, 0.6) is 5.75 Å². The molecule has 0 saturated heterocycles. The monoisotopic (exact) mass is 556 g/mol. The number of carboxylic acids is 1. The van der Waals surface area contributed by atoms with Gasteiger partial charge in [-0.2, -0.15) is 10.4 Å². The lowest BCUT2D eigenvalue weighted by molar-refractivity contribution is 0.0697. The molecule has 0 aliphatic rings. The molecule has 8 nitrogen and oxygen atoms in total. The second-order valence-corrected chi connectivity index (χ2v) is 8.20. The number of halogens is 1. The third-order valence-corrected chi connectivity index (χ3v) is 5.42. The third-order valence-electron chi connectivity index (χ3n) is 4.58. The van der Waals surface area contributed by atoms with Crippen LogP contribution in [0.1, 0.15) is 38.3 Å². The molecule has 0 aliphatic carbocycles. The highest BCUT2D eigenvalue weighted by Crippen LogP contribution is 2.23. The lowest BCUT2D eigenvalue weighted by atomic mass is 10.1. The van der Waals surface area contributed by atoms with Gasteiger partial charge in [-0.25, -0.2) is 9.78 Å². The minimum Gasteiger partial charge on any atom is -0.488 e. The number of nitrogens with zero attached hydrogens (tertiary/aromatic N) is 3. The fourth-order valence-corrected chi connectivity index (χ4v) is 3.70. The summed E-state index contributed by atoms with van der Waals surface area (Å²) in [7, 11) is 1.58. The molecule has 0 bridgehead atoms. The molecule has 0 radical (unpaired) electrons. The Hall–Kier alpha value is -3.49. The van der Waals surface area contributed by atoms with Crippen molar-refractivity contribution in [1.82, 2.24) is 4.98 Å². The van der Waals surface area contributed by atoms with Crippen molar-refractivity contribution in [3.63, 3.8) is 0 Å². The van der Waals surface area contributed by atoms with Gasteiger partial charge in [0.2, 0.25) is 0 Å². The Morgan fingerprint density at radius 2 is 2.00 bits per heavy atom. The number of aryl methyl sites for hydroxylation is 1. The van der Waals surface area contributed by atoms with E-state index in [1.54, 1.807) is 37.6 Å². The second-order valence-electron chi connectivity index (χ2n) is 7.04. The van der Waals surface area contributed by atoms with E-state index < -0.39 is 5.97 Å². The minimum atomic E-state index is -0.957.